The molecule has 0 fully saturated rings. The maximum absolute atomic E-state index is 11.0. The third-order valence-corrected chi connectivity index (χ3v) is 2.79. The van der Waals surface area contributed by atoms with Crippen LogP contribution in [0.4, 0.5) is 5.69 Å². The number of aliphatic hydroxyl groups excluding tert-OH is 1. The van der Waals surface area contributed by atoms with Crippen LogP contribution in [0.3, 0.4) is 0 Å². The second-order valence-electron chi connectivity index (χ2n) is 4.18. The smallest absolute Gasteiger partial charge is 0.236 e. The van der Waals surface area contributed by atoms with Gasteiger partial charge in [0.15, 0.2) is 0 Å². The highest BCUT2D eigenvalue weighted by Crippen LogP contribution is 2.28. The fourth-order valence-electron chi connectivity index (χ4n) is 1.64. The Morgan fingerprint density at radius 2 is 1.84 bits per heavy atom. The standard InChI is InChI=1S/C12H16ClN3O3/c1-7(17)8-2-3-10(9(13)4-8)16(5-11(14)18)6-12(15)19/h2-4,7,17H,5-6H2,1H3,(H2,14,18)(H2,15,19)/t7-/m1/s1. The number of benzene rings is 1. The van der Waals surface area contributed by atoms with Crippen LogP contribution in [0.2, 0.25) is 5.02 Å². The van der Waals surface area contributed by atoms with Crippen molar-refractivity contribution in [1.29, 1.82) is 0 Å². The molecule has 1 aromatic rings. The van der Waals surface area contributed by atoms with Crippen LogP contribution in [0.1, 0.15) is 18.6 Å². The predicted molar refractivity (Wildman–Crippen MR) is 72.7 cm³/mol. The van der Waals surface area contributed by atoms with Crippen LogP contribution >= 0.6 is 11.6 Å². The van der Waals surface area contributed by atoms with Gasteiger partial charge >= 0.3 is 0 Å². The first-order valence-corrected chi connectivity index (χ1v) is 5.98. The van der Waals surface area contributed by atoms with E-state index in [2.05, 4.69) is 0 Å². The fourth-order valence-corrected chi connectivity index (χ4v) is 1.95. The number of carbonyl (C=O) groups is 2. The van der Waals surface area contributed by atoms with E-state index in [1.54, 1.807) is 25.1 Å². The molecule has 19 heavy (non-hydrogen) atoms. The Morgan fingerprint density at radius 1 is 1.32 bits per heavy atom. The molecule has 0 saturated carbocycles. The van der Waals surface area contributed by atoms with Gasteiger partial charge in [-0.3, -0.25) is 9.59 Å². The number of hydrogen-bond donors (Lipinski definition) is 3. The fraction of sp³-hybridized carbons (Fsp3) is 0.333. The molecule has 5 N–H and O–H groups in total. The van der Waals surface area contributed by atoms with E-state index in [0.29, 0.717) is 16.3 Å². The van der Waals surface area contributed by atoms with E-state index in [0.717, 1.165) is 0 Å². The molecule has 1 atom stereocenters. The number of amides is 2. The lowest BCUT2D eigenvalue weighted by molar-refractivity contribution is -0.117. The molecule has 0 heterocycles. The average molecular weight is 286 g/mol. The minimum atomic E-state index is -0.660. The van der Waals surface area contributed by atoms with Gasteiger partial charge in [0.2, 0.25) is 11.8 Å². The Labute approximate surface area is 115 Å². The minimum Gasteiger partial charge on any atom is -0.389 e. The summed E-state index contributed by atoms with van der Waals surface area (Å²) >= 11 is 6.08. The molecule has 0 spiro atoms. The number of rotatable bonds is 6. The van der Waals surface area contributed by atoms with Crippen molar-refractivity contribution in [2.75, 3.05) is 18.0 Å². The summed E-state index contributed by atoms with van der Waals surface area (Å²) in [5.74, 6) is -1.20. The monoisotopic (exact) mass is 285 g/mol. The van der Waals surface area contributed by atoms with E-state index in [9.17, 15) is 14.7 Å². The Hall–Kier alpha value is -1.79. The third-order valence-electron chi connectivity index (χ3n) is 2.49. The molecule has 0 saturated heterocycles. The van der Waals surface area contributed by atoms with E-state index < -0.39 is 17.9 Å². The van der Waals surface area contributed by atoms with Crippen LogP contribution in [-0.4, -0.2) is 30.0 Å². The minimum absolute atomic E-state index is 0.170. The topological polar surface area (TPSA) is 110 Å². The molecule has 2 amide bonds. The van der Waals surface area contributed by atoms with Gasteiger partial charge in [0.1, 0.15) is 0 Å². The molecule has 0 aliphatic rings. The van der Waals surface area contributed by atoms with Crippen molar-refractivity contribution >= 4 is 29.1 Å². The number of nitrogens with two attached hydrogens (primary N) is 2. The number of anilines is 1. The molecule has 0 bridgehead atoms. The summed E-state index contributed by atoms with van der Waals surface area (Å²) in [6, 6.07) is 4.83. The molecule has 104 valence electrons. The predicted octanol–water partition coefficient (Wildman–Crippen LogP) is 0.170. The van der Waals surface area contributed by atoms with E-state index >= 15 is 0 Å². The zero-order valence-corrected chi connectivity index (χ0v) is 11.2. The largest absolute Gasteiger partial charge is 0.389 e. The highest BCUT2D eigenvalue weighted by atomic mass is 35.5. The van der Waals surface area contributed by atoms with Gasteiger partial charge in [-0.05, 0) is 24.6 Å². The first-order chi connectivity index (χ1) is 8.81. The lowest BCUT2D eigenvalue weighted by Gasteiger charge is -2.23. The summed E-state index contributed by atoms with van der Waals surface area (Å²) in [4.78, 5) is 23.4. The number of hydrogen-bond acceptors (Lipinski definition) is 4. The summed E-state index contributed by atoms with van der Waals surface area (Å²) in [5.41, 5.74) is 11.3. The Balaban J connectivity index is 3.07. The molecule has 0 radical (unpaired) electrons. The highest BCUT2D eigenvalue weighted by Gasteiger charge is 2.16. The van der Waals surface area contributed by atoms with Gasteiger partial charge in [-0.2, -0.15) is 0 Å². The summed E-state index contributed by atoms with van der Waals surface area (Å²) in [5, 5.41) is 9.75. The van der Waals surface area contributed by atoms with Crippen LogP contribution in [-0.2, 0) is 9.59 Å². The van der Waals surface area contributed by atoms with Gasteiger partial charge in [0.05, 0.1) is 29.9 Å². The molecular weight excluding hydrogens is 270 g/mol. The van der Waals surface area contributed by atoms with Gasteiger partial charge in [-0.15, -0.1) is 0 Å². The van der Waals surface area contributed by atoms with Gasteiger partial charge in [0.25, 0.3) is 0 Å². The second kappa shape index (κ2) is 6.40. The van der Waals surface area contributed by atoms with Crippen molar-refractivity contribution in [2.45, 2.75) is 13.0 Å². The molecule has 1 aromatic carbocycles. The Morgan fingerprint density at radius 3 is 2.21 bits per heavy atom. The second-order valence-corrected chi connectivity index (χ2v) is 4.58. The summed E-state index contributed by atoms with van der Waals surface area (Å²) in [6.45, 7) is 1.27. The zero-order valence-electron chi connectivity index (χ0n) is 10.5. The van der Waals surface area contributed by atoms with Crippen LogP contribution in [0.5, 0.6) is 0 Å². The summed E-state index contributed by atoms with van der Waals surface area (Å²) in [6.07, 6.45) is -0.660. The Kier molecular flexibility index (Phi) is 5.14. The lowest BCUT2D eigenvalue weighted by Crippen LogP contribution is -2.39. The number of carbonyl (C=O) groups excluding carboxylic acids is 2. The van der Waals surface area contributed by atoms with Crippen molar-refractivity contribution in [3.8, 4) is 0 Å². The molecular formula is C12H16ClN3O3. The van der Waals surface area contributed by atoms with Crippen molar-refractivity contribution < 1.29 is 14.7 Å². The average Bonchev–Trinajstić information content (AvgIpc) is 2.26. The van der Waals surface area contributed by atoms with Crippen molar-refractivity contribution in [1.82, 2.24) is 0 Å². The maximum atomic E-state index is 11.0. The first kappa shape index (κ1) is 15.3. The van der Waals surface area contributed by atoms with Crippen LogP contribution in [0, 0.1) is 0 Å². The lowest BCUT2D eigenvalue weighted by atomic mass is 10.1. The van der Waals surface area contributed by atoms with E-state index in [1.807, 2.05) is 0 Å². The van der Waals surface area contributed by atoms with Crippen LogP contribution < -0.4 is 16.4 Å². The molecule has 7 heteroatoms. The van der Waals surface area contributed by atoms with E-state index in [4.69, 9.17) is 23.1 Å². The van der Waals surface area contributed by atoms with Crippen molar-refractivity contribution in [2.24, 2.45) is 11.5 Å². The first-order valence-electron chi connectivity index (χ1n) is 5.60. The normalized spacial score (nSPS) is 11.9. The SMILES string of the molecule is C[C@@H](O)c1ccc(N(CC(N)=O)CC(N)=O)c(Cl)c1. The number of aliphatic hydroxyl groups is 1. The molecule has 0 aromatic heterocycles. The summed E-state index contributed by atoms with van der Waals surface area (Å²) in [7, 11) is 0. The summed E-state index contributed by atoms with van der Waals surface area (Å²) < 4.78 is 0. The molecule has 6 nitrogen and oxygen atoms in total. The quantitative estimate of drug-likeness (QED) is 0.692. The molecule has 0 aliphatic carbocycles. The molecule has 0 aliphatic heterocycles. The molecule has 1 rings (SSSR count). The van der Waals surface area contributed by atoms with Gasteiger partial charge in [-0.1, -0.05) is 17.7 Å². The maximum Gasteiger partial charge on any atom is 0.236 e. The van der Waals surface area contributed by atoms with Gasteiger partial charge in [-0.25, -0.2) is 0 Å². The van der Waals surface area contributed by atoms with Crippen LogP contribution in [0.15, 0.2) is 18.2 Å². The van der Waals surface area contributed by atoms with Gasteiger partial charge < -0.3 is 21.5 Å². The number of halogens is 1. The van der Waals surface area contributed by atoms with Gasteiger partial charge in [0, 0.05) is 0 Å². The Bertz CT molecular complexity index is 475. The van der Waals surface area contributed by atoms with Crippen LogP contribution in [0.25, 0.3) is 0 Å². The van der Waals surface area contributed by atoms with E-state index in [1.165, 1.54) is 4.90 Å². The van der Waals surface area contributed by atoms with Crippen molar-refractivity contribution in [3.05, 3.63) is 28.8 Å². The number of primary amides is 2. The zero-order chi connectivity index (χ0) is 14.6. The third kappa shape index (κ3) is 4.42. The van der Waals surface area contributed by atoms with E-state index in [-0.39, 0.29) is 13.1 Å². The number of nitrogens with zero attached hydrogens (tertiary/aromatic N) is 1. The van der Waals surface area contributed by atoms with Crippen molar-refractivity contribution in [3.63, 3.8) is 0 Å². The highest BCUT2D eigenvalue weighted by molar-refractivity contribution is 6.33. The molecule has 0 unspecified atom stereocenters.